The SMILES string of the molecule is Cc1cccc(CS(=O)(=O)N2CCC(C(=O)Nc3ccccc3C(=O)NCc3cccnc3)CC2)c1. The molecule has 2 N–H and O–H groups in total. The Morgan fingerprint density at radius 1 is 1.00 bits per heavy atom. The highest BCUT2D eigenvalue weighted by Crippen LogP contribution is 2.24. The Morgan fingerprint density at radius 2 is 1.75 bits per heavy atom. The highest BCUT2D eigenvalue weighted by atomic mass is 32.2. The number of nitrogens with one attached hydrogen (secondary N) is 2. The van der Waals surface area contributed by atoms with Crippen LogP contribution < -0.4 is 10.6 Å². The summed E-state index contributed by atoms with van der Waals surface area (Å²) in [6.07, 6.45) is 4.20. The molecule has 2 amide bonds. The fraction of sp³-hybridized carbons (Fsp3) is 0.296. The number of piperidine rings is 1. The molecule has 0 bridgehead atoms. The van der Waals surface area contributed by atoms with Crippen molar-refractivity contribution >= 4 is 27.5 Å². The third-order valence-corrected chi connectivity index (χ3v) is 8.11. The van der Waals surface area contributed by atoms with Gasteiger partial charge >= 0.3 is 0 Å². The van der Waals surface area contributed by atoms with E-state index in [0.29, 0.717) is 43.7 Å². The molecule has 1 aliphatic heterocycles. The molecule has 1 aliphatic rings. The summed E-state index contributed by atoms with van der Waals surface area (Å²) in [5.41, 5.74) is 3.45. The predicted molar refractivity (Wildman–Crippen MR) is 139 cm³/mol. The van der Waals surface area contributed by atoms with E-state index in [0.717, 1.165) is 16.7 Å². The number of amides is 2. The van der Waals surface area contributed by atoms with E-state index in [1.165, 1.54) is 4.31 Å². The Morgan fingerprint density at radius 3 is 2.47 bits per heavy atom. The summed E-state index contributed by atoms with van der Waals surface area (Å²) in [6.45, 7) is 2.84. The average Bonchev–Trinajstić information content (AvgIpc) is 2.88. The van der Waals surface area contributed by atoms with Gasteiger partial charge in [-0.15, -0.1) is 0 Å². The van der Waals surface area contributed by atoms with Crippen molar-refractivity contribution in [1.29, 1.82) is 0 Å². The maximum Gasteiger partial charge on any atom is 0.253 e. The van der Waals surface area contributed by atoms with E-state index in [1.807, 2.05) is 37.3 Å². The summed E-state index contributed by atoms with van der Waals surface area (Å²) in [6, 6.07) is 18.0. The molecule has 2 aromatic carbocycles. The summed E-state index contributed by atoms with van der Waals surface area (Å²) in [7, 11) is -3.46. The molecule has 188 valence electrons. The second-order valence-electron chi connectivity index (χ2n) is 9.00. The van der Waals surface area contributed by atoms with E-state index in [9.17, 15) is 18.0 Å². The van der Waals surface area contributed by atoms with Gasteiger partial charge in [-0.1, -0.05) is 48.0 Å². The van der Waals surface area contributed by atoms with Crippen molar-refractivity contribution in [2.45, 2.75) is 32.1 Å². The van der Waals surface area contributed by atoms with E-state index in [4.69, 9.17) is 0 Å². The van der Waals surface area contributed by atoms with Crippen LogP contribution in [0.25, 0.3) is 0 Å². The van der Waals surface area contributed by atoms with E-state index in [1.54, 1.807) is 42.7 Å². The maximum absolute atomic E-state index is 13.0. The van der Waals surface area contributed by atoms with Gasteiger partial charge in [0.2, 0.25) is 15.9 Å². The summed E-state index contributed by atoms with van der Waals surface area (Å²) in [5, 5.41) is 5.73. The molecule has 9 heteroatoms. The van der Waals surface area contributed by atoms with Crippen molar-refractivity contribution in [2.24, 2.45) is 5.92 Å². The number of hydrogen-bond donors (Lipinski definition) is 2. The number of anilines is 1. The monoisotopic (exact) mass is 506 g/mol. The number of aromatic nitrogens is 1. The quantitative estimate of drug-likeness (QED) is 0.486. The van der Waals surface area contributed by atoms with Gasteiger partial charge in [0.1, 0.15) is 0 Å². The predicted octanol–water partition coefficient (Wildman–Crippen LogP) is 3.50. The summed E-state index contributed by atoms with van der Waals surface area (Å²) >= 11 is 0. The minimum absolute atomic E-state index is 0.0485. The Balaban J connectivity index is 1.33. The van der Waals surface area contributed by atoms with Gasteiger partial charge in [0.25, 0.3) is 5.91 Å². The molecule has 3 aromatic rings. The molecule has 0 atom stereocenters. The van der Waals surface area contributed by atoms with Gasteiger partial charge in [-0.25, -0.2) is 12.7 Å². The first-order chi connectivity index (χ1) is 17.3. The number of sulfonamides is 1. The summed E-state index contributed by atoms with van der Waals surface area (Å²) in [5.74, 6) is -0.889. The highest BCUT2D eigenvalue weighted by Gasteiger charge is 2.31. The normalized spacial score (nSPS) is 14.8. The van der Waals surface area contributed by atoms with Crippen LogP contribution in [0.4, 0.5) is 5.69 Å². The third-order valence-electron chi connectivity index (χ3n) is 6.26. The van der Waals surface area contributed by atoms with E-state index < -0.39 is 10.0 Å². The Bertz CT molecular complexity index is 1320. The van der Waals surface area contributed by atoms with Crippen LogP contribution in [-0.4, -0.2) is 42.6 Å². The number of rotatable bonds is 8. The van der Waals surface area contributed by atoms with Gasteiger partial charge < -0.3 is 10.6 Å². The van der Waals surface area contributed by atoms with Crippen molar-refractivity contribution in [2.75, 3.05) is 18.4 Å². The number of pyridine rings is 1. The molecule has 0 aliphatic carbocycles. The lowest BCUT2D eigenvalue weighted by Gasteiger charge is -2.30. The van der Waals surface area contributed by atoms with Crippen LogP contribution in [0.5, 0.6) is 0 Å². The van der Waals surface area contributed by atoms with Crippen molar-refractivity contribution in [1.82, 2.24) is 14.6 Å². The molecule has 0 saturated carbocycles. The first kappa shape index (κ1) is 25.5. The highest BCUT2D eigenvalue weighted by molar-refractivity contribution is 7.88. The van der Waals surface area contributed by atoms with Crippen LogP contribution in [-0.2, 0) is 27.1 Å². The molecule has 2 heterocycles. The van der Waals surface area contributed by atoms with Crippen molar-refractivity contribution in [3.05, 3.63) is 95.3 Å². The Hall–Kier alpha value is -3.56. The molecular weight excluding hydrogens is 476 g/mol. The van der Waals surface area contributed by atoms with Crippen LogP contribution in [0.2, 0.25) is 0 Å². The average molecular weight is 507 g/mol. The number of hydrogen-bond acceptors (Lipinski definition) is 5. The molecule has 1 saturated heterocycles. The largest absolute Gasteiger partial charge is 0.348 e. The van der Waals surface area contributed by atoms with Gasteiger partial charge in [0, 0.05) is 37.9 Å². The number of benzene rings is 2. The van der Waals surface area contributed by atoms with E-state index >= 15 is 0 Å². The molecule has 8 nitrogen and oxygen atoms in total. The Kier molecular flexibility index (Phi) is 8.12. The zero-order valence-electron chi connectivity index (χ0n) is 20.2. The maximum atomic E-state index is 13.0. The second kappa shape index (κ2) is 11.5. The first-order valence-electron chi connectivity index (χ1n) is 11.9. The smallest absolute Gasteiger partial charge is 0.253 e. The van der Waals surface area contributed by atoms with Gasteiger partial charge in [-0.05, 0) is 49.1 Å². The van der Waals surface area contributed by atoms with E-state index in [2.05, 4.69) is 15.6 Å². The minimum atomic E-state index is -3.46. The van der Waals surface area contributed by atoms with Gasteiger partial charge in [-0.3, -0.25) is 14.6 Å². The van der Waals surface area contributed by atoms with Gasteiger partial charge in [-0.2, -0.15) is 0 Å². The molecule has 0 radical (unpaired) electrons. The van der Waals surface area contributed by atoms with Crippen molar-refractivity contribution in [3.8, 4) is 0 Å². The molecular formula is C27H30N4O4S. The molecule has 1 aromatic heterocycles. The number of aryl methyl sites for hydroxylation is 1. The summed E-state index contributed by atoms with van der Waals surface area (Å²) in [4.78, 5) is 29.8. The fourth-order valence-corrected chi connectivity index (χ4v) is 5.86. The van der Waals surface area contributed by atoms with Gasteiger partial charge in [0.15, 0.2) is 0 Å². The lowest BCUT2D eigenvalue weighted by Crippen LogP contribution is -2.42. The van der Waals surface area contributed by atoms with Gasteiger partial charge in [0.05, 0.1) is 17.0 Å². The lowest BCUT2D eigenvalue weighted by molar-refractivity contribution is -0.120. The number of nitrogens with zero attached hydrogens (tertiary/aromatic N) is 2. The van der Waals surface area contributed by atoms with Crippen LogP contribution in [0.3, 0.4) is 0 Å². The minimum Gasteiger partial charge on any atom is -0.348 e. The number of carbonyl (C=O) groups is 2. The molecule has 1 fully saturated rings. The van der Waals surface area contributed by atoms with Crippen LogP contribution in [0.15, 0.2) is 73.1 Å². The zero-order chi connectivity index (χ0) is 25.5. The topological polar surface area (TPSA) is 108 Å². The zero-order valence-corrected chi connectivity index (χ0v) is 21.0. The van der Waals surface area contributed by atoms with Crippen LogP contribution in [0, 0.1) is 12.8 Å². The van der Waals surface area contributed by atoms with Crippen LogP contribution in [0.1, 0.15) is 39.9 Å². The standard InChI is InChI=1S/C27H30N4O4S/c1-20-6-4-7-21(16-20)19-36(34,35)31-14-11-23(12-15-31)26(32)30-25-10-3-2-9-24(25)27(33)29-18-22-8-5-13-28-17-22/h2-10,13,16-17,23H,11-12,14-15,18-19H2,1H3,(H,29,33)(H,30,32). The summed E-state index contributed by atoms with van der Waals surface area (Å²) < 4.78 is 27.3. The molecule has 0 spiro atoms. The third kappa shape index (κ3) is 6.56. The van der Waals surface area contributed by atoms with Crippen LogP contribution >= 0.6 is 0 Å². The first-order valence-corrected chi connectivity index (χ1v) is 13.5. The van der Waals surface area contributed by atoms with Crippen molar-refractivity contribution in [3.63, 3.8) is 0 Å². The molecule has 0 unspecified atom stereocenters. The van der Waals surface area contributed by atoms with Crippen molar-refractivity contribution < 1.29 is 18.0 Å². The Labute approximate surface area is 211 Å². The number of para-hydroxylation sites is 1. The lowest BCUT2D eigenvalue weighted by atomic mass is 9.97. The second-order valence-corrected chi connectivity index (χ2v) is 11.0. The fourth-order valence-electron chi connectivity index (χ4n) is 4.31. The molecule has 4 rings (SSSR count). The number of carbonyl (C=O) groups excluding carboxylic acids is 2. The van der Waals surface area contributed by atoms with E-state index in [-0.39, 0.29) is 23.5 Å². The molecule has 36 heavy (non-hydrogen) atoms.